The van der Waals surface area contributed by atoms with Crippen molar-refractivity contribution < 1.29 is 13.7 Å². The maximum atomic E-state index is 13.6. The fourth-order valence-electron chi connectivity index (χ4n) is 1.51. The summed E-state index contributed by atoms with van der Waals surface area (Å²) in [6.07, 6.45) is 0.991. The Kier molecular flexibility index (Phi) is 2.17. The van der Waals surface area contributed by atoms with Crippen LogP contribution in [0.2, 0.25) is 0 Å². The third-order valence-electron chi connectivity index (χ3n) is 2.53. The van der Waals surface area contributed by atoms with E-state index in [2.05, 4.69) is 0 Å². The van der Waals surface area contributed by atoms with E-state index in [9.17, 15) is 18.9 Å². The molecule has 1 aromatic carbocycles. The second-order valence-electron chi connectivity index (χ2n) is 3.70. The normalized spacial score (nSPS) is 16.4. The van der Waals surface area contributed by atoms with Gasteiger partial charge >= 0.3 is 0 Å². The fourth-order valence-corrected chi connectivity index (χ4v) is 1.51. The molecule has 1 aromatic rings. The zero-order valence-electron chi connectivity index (χ0n) is 7.82. The third kappa shape index (κ3) is 1.82. The van der Waals surface area contributed by atoms with E-state index >= 15 is 0 Å². The topological polar surface area (TPSA) is 43.1 Å². The molecule has 2 rings (SSSR count). The molecular formula is C10H9F2NO2. The molecule has 0 atom stereocenters. The van der Waals surface area contributed by atoms with Crippen molar-refractivity contribution in [1.29, 1.82) is 0 Å². The van der Waals surface area contributed by atoms with Crippen LogP contribution in [0, 0.1) is 16.0 Å². The fraction of sp³-hybridized carbons (Fsp3) is 0.400. The smallest absolute Gasteiger partial charge is 0.258 e. The maximum Gasteiger partial charge on any atom is 0.276 e. The predicted molar refractivity (Wildman–Crippen MR) is 49.7 cm³/mol. The van der Waals surface area contributed by atoms with Gasteiger partial charge in [0.15, 0.2) is 0 Å². The number of hydrogen-bond acceptors (Lipinski definition) is 2. The molecule has 1 aliphatic rings. The van der Waals surface area contributed by atoms with Crippen molar-refractivity contribution in [2.75, 3.05) is 0 Å². The van der Waals surface area contributed by atoms with Gasteiger partial charge in [0.05, 0.1) is 4.92 Å². The molecule has 0 bridgehead atoms. The van der Waals surface area contributed by atoms with E-state index in [4.69, 9.17) is 0 Å². The van der Waals surface area contributed by atoms with Gasteiger partial charge in [-0.2, -0.15) is 0 Å². The van der Waals surface area contributed by atoms with Gasteiger partial charge in [-0.1, -0.05) is 12.1 Å². The highest BCUT2D eigenvalue weighted by atomic mass is 19.3. The number of alkyl halides is 2. The Labute approximate surface area is 84.9 Å². The summed E-state index contributed by atoms with van der Waals surface area (Å²) >= 11 is 0. The molecule has 0 N–H and O–H groups in total. The van der Waals surface area contributed by atoms with Gasteiger partial charge in [-0.05, 0) is 12.8 Å². The Balaban J connectivity index is 2.35. The van der Waals surface area contributed by atoms with E-state index in [-0.39, 0.29) is 11.3 Å². The van der Waals surface area contributed by atoms with Crippen LogP contribution in [0.4, 0.5) is 14.5 Å². The van der Waals surface area contributed by atoms with Crippen LogP contribution in [0.3, 0.4) is 0 Å². The zero-order valence-corrected chi connectivity index (χ0v) is 7.82. The van der Waals surface area contributed by atoms with Crippen LogP contribution in [0.1, 0.15) is 18.4 Å². The van der Waals surface area contributed by atoms with E-state index in [1.807, 2.05) is 0 Å². The summed E-state index contributed by atoms with van der Waals surface area (Å²) in [7, 11) is 0. The summed E-state index contributed by atoms with van der Waals surface area (Å²) in [5.41, 5.74) is -0.535. The van der Waals surface area contributed by atoms with Crippen molar-refractivity contribution in [3.05, 3.63) is 39.9 Å². The molecule has 0 unspecified atom stereocenters. The zero-order chi connectivity index (χ0) is 11.1. The van der Waals surface area contributed by atoms with Crippen molar-refractivity contribution in [2.45, 2.75) is 18.8 Å². The third-order valence-corrected chi connectivity index (χ3v) is 2.53. The number of benzene rings is 1. The molecule has 0 aliphatic heterocycles. The Morgan fingerprint density at radius 3 is 2.60 bits per heavy atom. The Morgan fingerprint density at radius 1 is 1.40 bits per heavy atom. The molecule has 0 spiro atoms. The van der Waals surface area contributed by atoms with Crippen LogP contribution >= 0.6 is 0 Å². The number of non-ortho nitro benzene ring substituents is 1. The number of nitro groups is 1. The SMILES string of the molecule is O=[N+]([O-])c1cccc(C(F)(F)C2CC2)c1. The average Bonchev–Trinajstić information content (AvgIpc) is 3.01. The summed E-state index contributed by atoms with van der Waals surface area (Å²) < 4.78 is 27.1. The van der Waals surface area contributed by atoms with Gasteiger partial charge in [0.1, 0.15) is 0 Å². The number of hydrogen-bond donors (Lipinski definition) is 0. The first-order valence-corrected chi connectivity index (χ1v) is 4.64. The monoisotopic (exact) mass is 213 g/mol. The Morgan fingerprint density at radius 2 is 2.07 bits per heavy atom. The molecule has 1 fully saturated rings. The second-order valence-corrected chi connectivity index (χ2v) is 3.70. The molecule has 0 aromatic heterocycles. The minimum absolute atomic E-state index is 0.251. The Bertz CT molecular complexity index is 402. The van der Waals surface area contributed by atoms with Gasteiger partial charge in [0.25, 0.3) is 11.6 Å². The minimum atomic E-state index is -2.92. The van der Waals surface area contributed by atoms with Crippen LogP contribution < -0.4 is 0 Å². The summed E-state index contributed by atoms with van der Waals surface area (Å²) in [5, 5.41) is 10.4. The number of halogens is 2. The van der Waals surface area contributed by atoms with E-state index in [0.717, 1.165) is 6.07 Å². The first-order valence-electron chi connectivity index (χ1n) is 4.64. The molecule has 0 amide bonds. The van der Waals surface area contributed by atoms with Gasteiger partial charge in [-0.25, -0.2) is 8.78 Å². The minimum Gasteiger partial charge on any atom is -0.258 e. The molecule has 1 aliphatic carbocycles. The molecule has 15 heavy (non-hydrogen) atoms. The van der Waals surface area contributed by atoms with Crippen LogP contribution in [-0.4, -0.2) is 4.92 Å². The lowest BCUT2D eigenvalue weighted by atomic mass is 10.0. The molecule has 80 valence electrons. The summed E-state index contributed by atoms with van der Waals surface area (Å²) in [5.74, 6) is -3.56. The molecule has 3 nitrogen and oxygen atoms in total. The van der Waals surface area contributed by atoms with E-state index in [0.29, 0.717) is 12.8 Å². The lowest BCUT2D eigenvalue weighted by Crippen LogP contribution is -2.15. The molecule has 0 heterocycles. The number of nitro benzene ring substituents is 1. The van der Waals surface area contributed by atoms with Crippen molar-refractivity contribution in [2.24, 2.45) is 5.92 Å². The highest BCUT2D eigenvalue weighted by Crippen LogP contribution is 2.49. The first kappa shape index (κ1) is 10.0. The summed E-state index contributed by atoms with van der Waals surface area (Å²) in [4.78, 5) is 9.77. The quantitative estimate of drug-likeness (QED) is 0.572. The van der Waals surface area contributed by atoms with Gasteiger partial charge in [0, 0.05) is 23.6 Å². The van der Waals surface area contributed by atoms with Crippen molar-refractivity contribution in [3.63, 3.8) is 0 Å². The largest absolute Gasteiger partial charge is 0.276 e. The van der Waals surface area contributed by atoms with Crippen LogP contribution in [-0.2, 0) is 5.92 Å². The highest BCUT2D eigenvalue weighted by molar-refractivity contribution is 5.37. The average molecular weight is 213 g/mol. The van der Waals surface area contributed by atoms with E-state index < -0.39 is 16.8 Å². The predicted octanol–water partition coefficient (Wildman–Crippen LogP) is 3.10. The van der Waals surface area contributed by atoms with Gasteiger partial charge < -0.3 is 0 Å². The van der Waals surface area contributed by atoms with E-state index in [1.54, 1.807) is 0 Å². The summed E-state index contributed by atoms with van der Waals surface area (Å²) in [6, 6.07) is 4.71. The van der Waals surface area contributed by atoms with Crippen molar-refractivity contribution >= 4 is 5.69 Å². The van der Waals surface area contributed by atoms with Crippen molar-refractivity contribution in [3.8, 4) is 0 Å². The lowest BCUT2D eigenvalue weighted by Gasteiger charge is -2.15. The van der Waals surface area contributed by atoms with Gasteiger partial charge in [-0.15, -0.1) is 0 Å². The molecule has 0 saturated heterocycles. The number of rotatable bonds is 3. The number of nitrogens with zero attached hydrogens (tertiary/aromatic N) is 1. The maximum absolute atomic E-state index is 13.6. The van der Waals surface area contributed by atoms with Crippen LogP contribution in [0.15, 0.2) is 24.3 Å². The highest BCUT2D eigenvalue weighted by Gasteiger charge is 2.48. The molecule has 0 radical (unpaired) electrons. The Hall–Kier alpha value is -1.52. The second kappa shape index (κ2) is 3.25. The van der Waals surface area contributed by atoms with Gasteiger partial charge in [-0.3, -0.25) is 10.1 Å². The summed E-state index contributed by atoms with van der Waals surface area (Å²) in [6.45, 7) is 0. The van der Waals surface area contributed by atoms with Crippen molar-refractivity contribution in [1.82, 2.24) is 0 Å². The molecule has 1 saturated carbocycles. The van der Waals surface area contributed by atoms with Crippen LogP contribution in [0.5, 0.6) is 0 Å². The van der Waals surface area contributed by atoms with Crippen LogP contribution in [0.25, 0.3) is 0 Å². The molecule has 5 heteroatoms. The first-order chi connectivity index (χ1) is 7.01. The lowest BCUT2D eigenvalue weighted by molar-refractivity contribution is -0.385. The standard InChI is InChI=1S/C10H9F2NO2/c11-10(12,7-4-5-7)8-2-1-3-9(6-8)13(14)15/h1-3,6-7H,4-5H2. The molecular weight excluding hydrogens is 204 g/mol. The van der Waals surface area contributed by atoms with Gasteiger partial charge in [0.2, 0.25) is 0 Å². The van der Waals surface area contributed by atoms with E-state index in [1.165, 1.54) is 18.2 Å².